The van der Waals surface area contributed by atoms with Gasteiger partial charge in [0.1, 0.15) is 11.2 Å². The summed E-state index contributed by atoms with van der Waals surface area (Å²) in [6, 6.07) is 5.53. The third-order valence-electron chi connectivity index (χ3n) is 1.69. The SMILES string of the molecule is CC(C)(C)OOC(=O)c1ccccc1[N+](=O)[O-]. The van der Waals surface area contributed by atoms with E-state index in [1.54, 1.807) is 20.8 Å². The fourth-order valence-corrected chi connectivity index (χ4v) is 1.01. The second-order valence-corrected chi connectivity index (χ2v) is 4.34. The van der Waals surface area contributed by atoms with Crippen molar-refractivity contribution in [3.05, 3.63) is 39.9 Å². The number of nitro groups is 1. The molecule has 1 aromatic rings. The number of rotatable bonds is 3. The molecule has 0 spiro atoms. The van der Waals surface area contributed by atoms with Crippen LogP contribution in [0, 0.1) is 10.1 Å². The van der Waals surface area contributed by atoms with Crippen LogP contribution in [0.2, 0.25) is 0 Å². The highest BCUT2D eigenvalue weighted by Crippen LogP contribution is 2.19. The van der Waals surface area contributed by atoms with E-state index in [9.17, 15) is 14.9 Å². The number of hydrogen-bond acceptors (Lipinski definition) is 5. The molecule has 92 valence electrons. The number of nitrogens with zero attached hydrogens (tertiary/aromatic N) is 1. The summed E-state index contributed by atoms with van der Waals surface area (Å²) in [5.41, 5.74) is -1.11. The molecule has 0 fully saturated rings. The van der Waals surface area contributed by atoms with Gasteiger partial charge in [-0.15, -0.1) is 0 Å². The van der Waals surface area contributed by atoms with Crippen LogP contribution in [0.4, 0.5) is 5.69 Å². The molecule has 0 aliphatic rings. The zero-order valence-electron chi connectivity index (χ0n) is 9.80. The van der Waals surface area contributed by atoms with Crippen molar-refractivity contribution in [2.45, 2.75) is 26.4 Å². The average Bonchev–Trinajstić information content (AvgIpc) is 2.25. The van der Waals surface area contributed by atoms with Crippen molar-refractivity contribution >= 4 is 11.7 Å². The molecule has 0 aromatic heterocycles. The van der Waals surface area contributed by atoms with E-state index < -0.39 is 16.5 Å². The minimum atomic E-state index is -0.882. The normalized spacial score (nSPS) is 11.0. The van der Waals surface area contributed by atoms with Gasteiger partial charge in [-0.25, -0.2) is 4.79 Å². The maximum absolute atomic E-state index is 11.6. The first kappa shape index (κ1) is 13.1. The molecule has 0 N–H and O–H groups in total. The average molecular weight is 239 g/mol. The first-order chi connectivity index (χ1) is 7.81. The van der Waals surface area contributed by atoms with Crippen molar-refractivity contribution in [1.82, 2.24) is 0 Å². The van der Waals surface area contributed by atoms with Crippen molar-refractivity contribution in [3.8, 4) is 0 Å². The molecule has 1 rings (SSSR count). The first-order valence-electron chi connectivity index (χ1n) is 4.95. The van der Waals surface area contributed by atoms with Crippen LogP contribution in [0.15, 0.2) is 24.3 Å². The van der Waals surface area contributed by atoms with Gasteiger partial charge in [0, 0.05) is 6.07 Å². The molecule has 0 saturated heterocycles. The molecular formula is C11H13NO5. The van der Waals surface area contributed by atoms with E-state index in [-0.39, 0.29) is 11.3 Å². The Morgan fingerprint density at radius 2 is 1.88 bits per heavy atom. The Bertz CT molecular complexity index is 436. The zero-order valence-corrected chi connectivity index (χ0v) is 9.80. The molecular weight excluding hydrogens is 226 g/mol. The van der Waals surface area contributed by atoms with Crippen LogP contribution >= 0.6 is 0 Å². The lowest BCUT2D eigenvalue weighted by atomic mass is 10.2. The van der Waals surface area contributed by atoms with Crippen LogP contribution in [-0.4, -0.2) is 16.5 Å². The van der Waals surface area contributed by atoms with Crippen molar-refractivity contribution < 1.29 is 19.5 Å². The van der Waals surface area contributed by atoms with Crippen LogP contribution in [0.5, 0.6) is 0 Å². The number of carbonyl (C=O) groups is 1. The van der Waals surface area contributed by atoms with E-state index >= 15 is 0 Å². The van der Waals surface area contributed by atoms with Crippen molar-refractivity contribution in [2.24, 2.45) is 0 Å². The highest BCUT2D eigenvalue weighted by Gasteiger charge is 2.23. The fraction of sp³-hybridized carbons (Fsp3) is 0.364. The van der Waals surface area contributed by atoms with Crippen LogP contribution in [0.1, 0.15) is 31.1 Å². The summed E-state index contributed by atoms with van der Waals surface area (Å²) in [6.45, 7) is 5.08. The van der Waals surface area contributed by atoms with Crippen molar-refractivity contribution in [1.29, 1.82) is 0 Å². The summed E-state index contributed by atoms with van der Waals surface area (Å²) in [5, 5.41) is 10.7. The second-order valence-electron chi connectivity index (χ2n) is 4.34. The van der Waals surface area contributed by atoms with E-state index in [0.717, 1.165) is 0 Å². The van der Waals surface area contributed by atoms with Gasteiger partial charge < -0.3 is 0 Å². The number of carbonyl (C=O) groups excluding carboxylic acids is 1. The number of nitro benzene ring substituents is 1. The van der Waals surface area contributed by atoms with E-state index in [1.165, 1.54) is 24.3 Å². The molecule has 6 heteroatoms. The van der Waals surface area contributed by atoms with Crippen molar-refractivity contribution in [2.75, 3.05) is 0 Å². The van der Waals surface area contributed by atoms with Gasteiger partial charge in [-0.2, -0.15) is 4.89 Å². The molecule has 0 aliphatic heterocycles. The lowest BCUT2D eigenvalue weighted by Gasteiger charge is -2.16. The summed E-state index contributed by atoms with van der Waals surface area (Å²) in [7, 11) is 0. The van der Waals surface area contributed by atoms with E-state index in [2.05, 4.69) is 4.89 Å². The Morgan fingerprint density at radius 3 is 2.41 bits per heavy atom. The van der Waals surface area contributed by atoms with Gasteiger partial charge in [0.25, 0.3) is 5.69 Å². The predicted octanol–water partition coefficient (Wildman–Crippen LogP) is 2.48. The third kappa shape index (κ3) is 3.84. The molecule has 0 atom stereocenters. The van der Waals surface area contributed by atoms with Gasteiger partial charge in [0.15, 0.2) is 0 Å². The largest absolute Gasteiger partial charge is 0.380 e. The van der Waals surface area contributed by atoms with Gasteiger partial charge in [0.05, 0.1) is 4.92 Å². The monoisotopic (exact) mass is 239 g/mol. The van der Waals surface area contributed by atoms with E-state index in [4.69, 9.17) is 4.89 Å². The smallest absolute Gasteiger partial charge is 0.292 e. The van der Waals surface area contributed by atoms with Crippen LogP contribution in [0.25, 0.3) is 0 Å². The molecule has 0 saturated carbocycles. The predicted molar refractivity (Wildman–Crippen MR) is 59.3 cm³/mol. The summed E-state index contributed by atoms with van der Waals surface area (Å²) in [6.07, 6.45) is 0. The summed E-state index contributed by atoms with van der Waals surface area (Å²) in [4.78, 5) is 31.0. The van der Waals surface area contributed by atoms with Crippen LogP contribution < -0.4 is 0 Å². The Balaban J connectivity index is 2.86. The molecule has 0 amide bonds. The van der Waals surface area contributed by atoms with E-state index in [0.29, 0.717) is 0 Å². The van der Waals surface area contributed by atoms with Crippen LogP contribution in [-0.2, 0) is 9.78 Å². The highest BCUT2D eigenvalue weighted by atomic mass is 17.2. The Kier molecular flexibility index (Phi) is 3.80. The van der Waals surface area contributed by atoms with Gasteiger partial charge in [0.2, 0.25) is 0 Å². The summed E-state index contributed by atoms with van der Waals surface area (Å²) >= 11 is 0. The minimum absolute atomic E-state index is 0.137. The van der Waals surface area contributed by atoms with Gasteiger partial charge >= 0.3 is 5.97 Å². The second kappa shape index (κ2) is 4.92. The molecule has 0 heterocycles. The third-order valence-corrected chi connectivity index (χ3v) is 1.69. The Labute approximate surface area is 98.2 Å². The Hall–Kier alpha value is -1.95. The molecule has 0 radical (unpaired) electrons. The Morgan fingerprint density at radius 1 is 1.29 bits per heavy atom. The van der Waals surface area contributed by atoms with Gasteiger partial charge in [-0.3, -0.25) is 15.0 Å². The molecule has 17 heavy (non-hydrogen) atoms. The maximum atomic E-state index is 11.6. The zero-order chi connectivity index (χ0) is 13.1. The maximum Gasteiger partial charge on any atom is 0.380 e. The van der Waals surface area contributed by atoms with Gasteiger partial charge in [-0.05, 0) is 26.8 Å². The highest BCUT2D eigenvalue weighted by molar-refractivity contribution is 5.93. The van der Waals surface area contributed by atoms with Gasteiger partial charge in [-0.1, -0.05) is 12.1 Å². The molecule has 6 nitrogen and oxygen atoms in total. The minimum Gasteiger partial charge on any atom is -0.292 e. The summed E-state index contributed by atoms with van der Waals surface area (Å²) < 4.78 is 0. The fourth-order valence-electron chi connectivity index (χ4n) is 1.01. The number of benzene rings is 1. The lowest BCUT2D eigenvalue weighted by Crippen LogP contribution is -2.22. The van der Waals surface area contributed by atoms with Crippen molar-refractivity contribution in [3.63, 3.8) is 0 Å². The topological polar surface area (TPSA) is 78.7 Å². The number of hydrogen-bond donors (Lipinski definition) is 0. The molecule has 0 bridgehead atoms. The summed E-state index contributed by atoms with van der Waals surface area (Å²) in [5.74, 6) is -0.882. The molecule has 0 unspecified atom stereocenters. The first-order valence-corrected chi connectivity index (χ1v) is 4.95. The standard InChI is InChI=1S/C11H13NO5/c1-11(2,3)17-16-10(13)8-6-4-5-7-9(8)12(14)15/h4-7H,1-3H3. The lowest BCUT2D eigenvalue weighted by molar-refractivity contribution is -0.385. The number of para-hydroxylation sites is 1. The van der Waals surface area contributed by atoms with Crippen LogP contribution in [0.3, 0.4) is 0 Å². The molecule has 0 aliphatic carbocycles. The molecule has 1 aromatic carbocycles. The quantitative estimate of drug-likeness (QED) is 0.460. The van der Waals surface area contributed by atoms with E-state index in [1.807, 2.05) is 0 Å².